The van der Waals surface area contributed by atoms with E-state index in [-0.39, 0.29) is 26.0 Å². The number of benzene rings is 3. The number of hydrogen-bond donors (Lipinski definition) is 0. The summed E-state index contributed by atoms with van der Waals surface area (Å²) in [5, 5.41) is 1.95. The Hall–Kier alpha value is -3.90. The average Bonchev–Trinajstić information content (AvgIpc) is 3.53. The molecule has 0 fully saturated rings. The van der Waals surface area contributed by atoms with E-state index in [9.17, 15) is 0 Å². The maximum absolute atomic E-state index is 8.77. The third-order valence-electron chi connectivity index (χ3n) is 8.91. The zero-order valence-electron chi connectivity index (χ0n) is 34.6. The Morgan fingerprint density at radius 1 is 0.808 bits per heavy atom. The van der Waals surface area contributed by atoms with Gasteiger partial charge in [-0.1, -0.05) is 73.7 Å². The van der Waals surface area contributed by atoms with Crippen molar-refractivity contribution in [1.82, 2.24) is 15.0 Å². The first-order valence-electron chi connectivity index (χ1n) is 19.1. The molecule has 0 saturated carbocycles. The van der Waals surface area contributed by atoms with Crippen LogP contribution in [0, 0.1) is 23.5 Å². The largest absolute Gasteiger partial charge is 0 e. The fraction of sp³-hybridized carbons (Fsp3) is 0.283. The van der Waals surface area contributed by atoms with Crippen molar-refractivity contribution in [3.05, 3.63) is 133 Å². The quantitative estimate of drug-likeness (QED) is 0.118. The summed E-state index contributed by atoms with van der Waals surface area (Å²) in [4.78, 5) is 14.0. The van der Waals surface area contributed by atoms with Crippen LogP contribution in [0.3, 0.4) is 0 Å². The molecule has 0 amide bonds. The molecule has 0 bridgehead atoms. The number of rotatable bonds is 7. The minimum atomic E-state index is -2.24. The van der Waals surface area contributed by atoms with Gasteiger partial charge in [0.25, 0.3) is 0 Å². The van der Waals surface area contributed by atoms with E-state index in [0.717, 1.165) is 65.7 Å². The summed E-state index contributed by atoms with van der Waals surface area (Å²) in [6.07, 6.45) is 2.27. The molecule has 7 rings (SSSR count). The van der Waals surface area contributed by atoms with Crippen LogP contribution >= 0.6 is 0 Å². The smallest absolute Gasteiger partial charge is 0 e. The van der Waals surface area contributed by atoms with Gasteiger partial charge in [-0.3, -0.25) is 0 Å². The van der Waals surface area contributed by atoms with Crippen LogP contribution in [0.25, 0.3) is 55.8 Å². The van der Waals surface area contributed by atoms with E-state index in [4.69, 9.17) is 13.5 Å². The van der Waals surface area contributed by atoms with Crippen molar-refractivity contribution < 1.29 is 28.6 Å². The van der Waals surface area contributed by atoms with E-state index < -0.39 is 30.9 Å². The topological polar surface area (TPSA) is 51.8 Å². The van der Waals surface area contributed by atoms with Gasteiger partial charge in [0.2, 0.25) is 5.71 Å². The Labute approximate surface area is 330 Å². The molecule has 3 aromatic carbocycles. The van der Waals surface area contributed by atoms with Crippen LogP contribution in [0.5, 0.6) is 0 Å². The molecule has 269 valence electrons. The van der Waals surface area contributed by atoms with Crippen LogP contribution in [-0.2, 0) is 26.5 Å². The fourth-order valence-electron chi connectivity index (χ4n) is 5.99. The van der Waals surface area contributed by atoms with Gasteiger partial charge in [-0.2, -0.15) is 0 Å². The van der Waals surface area contributed by atoms with Crippen molar-refractivity contribution in [3.63, 3.8) is 0 Å². The molecule has 0 aliphatic heterocycles. The standard InChI is InChI=1S/C27H23N2O.C19H26GeN.Ir/c1-17(2)18(3)20-14-15-28-25(16-20)23-11-7-10-21-22-12-13-24(19-8-5-4-6-9-19)29-27(22)30-26(21)23;1-19(2,3)13-16-12-18(15-10-8-7-9-11-15)21-14-17(16)20(4,5)6;/h4-10,12-18H,1-3H3;7-10,12,14H,13H2,1-6H3;/q2*-1;/i18D;13D2;. The van der Waals surface area contributed by atoms with Crippen LogP contribution in [0.2, 0.25) is 17.3 Å². The molecule has 4 heterocycles. The molecule has 0 saturated heterocycles. The number of furan rings is 1. The van der Waals surface area contributed by atoms with Crippen molar-refractivity contribution in [2.75, 3.05) is 0 Å². The minimum absolute atomic E-state index is 0. The summed E-state index contributed by atoms with van der Waals surface area (Å²) >= 11 is -2.24. The van der Waals surface area contributed by atoms with Gasteiger partial charge in [0.15, 0.2) is 0 Å². The van der Waals surface area contributed by atoms with E-state index in [1.54, 1.807) is 6.20 Å². The summed E-state index contributed by atoms with van der Waals surface area (Å²) in [6.45, 7) is 11.9. The van der Waals surface area contributed by atoms with Crippen LogP contribution in [0.4, 0.5) is 0 Å². The zero-order chi connectivity index (χ0) is 39.1. The Bertz CT molecular complexity index is 2400. The molecule has 0 spiro atoms. The van der Waals surface area contributed by atoms with Crippen LogP contribution in [0.1, 0.15) is 62.7 Å². The van der Waals surface area contributed by atoms with E-state index in [2.05, 4.69) is 59.3 Å². The van der Waals surface area contributed by atoms with Gasteiger partial charge in [0.05, 0.1) is 11.3 Å². The van der Waals surface area contributed by atoms with Crippen molar-refractivity contribution in [3.8, 4) is 33.8 Å². The Morgan fingerprint density at radius 2 is 1.56 bits per heavy atom. The summed E-state index contributed by atoms with van der Waals surface area (Å²) in [6, 6.07) is 38.1. The van der Waals surface area contributed by atoms with Gasteiger partial charge in [-0.15, -0.1) is 18.2 Å². The van der Waals surface area contributed by atoms with Crippen LogP contribution in [0.15, 0.2) is 114 Å². The molecule has 0 aliphatic rings. The zero-order valence-corrected chi connectivity index (χ0v) is 36.0. The molecule has 52 heavy (non-hydrogen) atoms. The molecule has 0 N–H and O–H groups in total. The molecule has 1 radical (unpaired) electrons. The Morgan fingerprint density at radius 3 is 2.23 bits per heavy atom. The second kappa shape index (κ2) is 16.4. The summed E-state index contributed by atoms with van der Waals surface area (Å²) in [5.41, 5.74) is 7.75. The molecule has 0 aliphatic carbocycles. The molecule has 4 nitrogen and oxygen atoms in total. The van der Waals surface area contributed by atoms with E-state index in [0.29, 0.717) is 5.71 Å². The number of hydrogen-bond acceptors (Lipinski definition) is 4. The maximum atomic E-state index is 8.77. The minimum Gasteiger partial charge on any atom is 0 e. The first-order valence-corrected chi connectivity index (χ1v) is 25.0. The summed E-state index contributed by atoms with van der Waals surface area (Å²) in [5.74, 6) is 6.33. The fourth-order valence-corrected chi connectivity index (χ4v) is 8.91. The van der Waals surface area contributed by atoms with Gasteiger partial charge in [0, 0.05) is 38.6 Å². The van der Waals surface area contributed by atoms with E-state index in [1.165, 1.54) is 0 Å². The van der Waals surface area contributed by atoms with Crippen LogP contribution < -0.4 is 4.40 Å². The normalized spacial score (nSPS) is 14.1. The number of fused-ring (bicyclic) bond motifs is 3. The van der Waals surface area contributed by atoms with Gasteiger partial charge in [0.1, 0.15) is 0 Å². The maximum Gasteiger partial charge on any atom is 0 e. The number of nitrogens with zero attached hydrogens (tertiary/aromatic N) is 3. The number of aromatic nitrogens is 3. The average molecular weight is 928 g/mol. The van der Waals surface area contributed by atoms with Crippen molar-refractivity contribution in [2.24, 2.45) is 11.3 Å². The first-order chi connectivity index (χ1) is 25.4. The predicted octanol–water partition coefficient (Wildman–Crippen LogP) is 11.9. The molecule has 1 atom stereocenters. The van der Waals surface area contributed by atoms with Gasteiger partial charge < -0.3 is 9.40 Å². The molecule has 4 aromatic heterocycles. The first kappa shape index (κ1) is 35.1. The molecule has 6 heteroatoms. The Balaban J connectivity index is 0.000000217. The second-order valence-corrected chi connectivity index (χ2v) is 26.0. The third kappa shape index (κ3) is 9.17. The van der Waals surface area contributed by atoms with Gasteiger partial charge in [-0.25, -0.2) is 4.98 Å². The molecular weight excluding hydrogens is 875 g/mol. The second-order valence-electron chi connectivity index (χ2n) is 15.4. The monoisotopic (exact) mass is 929 g/mol. The van der Waals surface area contributed by atoms with Crippen LogP contribution in [-0.4, -0.2) is 28.2 Å². The molecule has 7 aromatic rings. The summed E-state index contributed by atoms with van der Waals surface area (Å²) in [7, 11) is 0. The number of pyridine rings is 3. The van der Waals surface area contributed by atoms with Crippen molar-refractivity contribution in [1.29, 1.82) is 0 Å². The van der Waals surface area contributed by atoms with Gasteiger partial charge in [-0.05, 0) is 35.7 Å². The SMILES string of the molecule is [2H]C(C)(c1ccnc(-c2[c-]ccc3c2oc2nc(-c4ccccc4)ccc23)c1)C(C)C.[2H]C([2H])(c1cc(-c2[c-]cccc2)nc[c]1[Ge]([CH3])([CH3])[CH3])C(C)(C)C.[Ir]. The molecule has 1 unspecified atom stereocenters. The van der Waals surface area contributed by atoms with Crippen molar-refractivity contribution in [2.45, 2.75) is 71.1 Å². The van der Waals surface area contributed by atoms with E-state index in [1.807, 2.05) is 125 Å². The summed E-state index contributed by atoms with van der Waals surface area (Å²) < 4.78 is 33.7. The molecular formula is C46H49GeIrN3O-2. The van der Waals surface area contributed by atoms with Gasteiger partial charge >= 0.3 is 135 Å². The van der Waals surface area contributed by atoms with E-state index >= 15 is 0 Å². The third-order valence-corrected chi connectivity index (χ3v) is 13.1. The predicted molar refractivity (Wildman–Crippen MR) is 217 cm³/mol. The Kier molecular flexibility index (Phi) is 11.1. The van der Waals surface area contributed by atoms with Crippen molar-refractivity contribution >= 4 is 39.7 Å².